The lowest BCUT2D eigenvalue weighted by Crippen LogP contribution is -2.50. The van der Waals surface area contributed by atoms with Crippen LogP contribution in [0.4, 0.5) is 8.78 Å². The van der Waals surface area contributed by atoms with Gasteiger partial charge >= 0.3 is 5.76 Å². The second kappa shape index (κ2) is 6.70. The molecule has 1 aromatic carbocycles. The minimum Gasteiger partial charge on any atom is -0.348 e. The van der Waals surface area contributed by atoms with Crippen molar-refractivity contribution in [1.29, 1.82) is 0 Å². The van der Waals surface area contributed by atoms with Crippen LogP contribution in [0, 0.1) is 5.92 Å². The van der Waals surface area contributed by atoms with E-state index in [0.29, 0.717) is 12.5 Å². The minimum absolute atomic E-state index is 0.00859. The number of alkyl halides is 2. The Balaban J connectivity index is 2.08. The number of piperidine rings is 1. The van der Waals surface area contributed by atoms with Gasteiger partial charge in [0.1, 0.15) is 0 Å². The molecule has 2 atom stereocenters. The molecule has 0 aliphatic carbocycles. The molecule has 1 saturated heterocycles. The first kappa shape index (κ1) is 16.8. The van der Waals surface area contributed by atoms with Crippen LogP contribution in [0.3, 0.4) is 0 Å². The van der Waals surface area contributed by atoms with Crippen LogP contribution in [-0.2, 0) is 9.84 Å². The highest BCUT2D eigenvalue weighted by Crippen LogP contribution is 2.19. The van der Waals surface area contributed by atoms with Crippen molar-refractivity contribution in [3.05, 3.63) is 29.8 Å². The first-order valence-electron chi connectivity index (χ1n) is 6.96. The van der Waals surface area contributed by atoms with Crippen molar-refractivity contribution in [2.75, 3.05) is 13.1 Å². The van der Waals surface area contributed by atoms with Crippen LogP contribution in [0.1, 0.15) is 23.7 Å². The second-order valence-corrected chi connectivity index (χ2v) is 7.30. The summed E-state index contributed by atoms with van der Waals surface area (Å²) in [4.78, 5) is 11.6. The predicted octanol–water partition coefficient (Wildman–Crippen LogP) is 1.41. The fraction of sp³-hybridized carbons (Fsp3) is 0.500. The third-order valence-corrected chi connectivity index (χ3v) is 5.22. The molecule has 1 aromatic rings. The molecule has 2 rings (SSSR count). The molecule has 1 heterocycles. The Hall–Kier alpha value is -1.54. The van der Waals surface area contributed by atoms with Gasteiger partial charge < -0.3 is 10.6 Å². The highest BCUT2D eigenvalue weighted by molar-refractivity contribution is 7.91. The van der Waals surface area contributed by atoms with Crippen molar-refractivity contribution in [2.45, 2.75) is 30.0 Å². The van der Waals surface area contributed by atoms with Gasteiger partial charge in [0.15, 0.2) is 0 Å². The molecule has 8 heteroatoms. The largest absolute Gasteiger partial charge is 0.348 e. The number of halogens is 2. The van der Waals surface area contributed by atoms with Gasteiger partial charge in [-0.3, -0.25) is 4.79 Å². The Morgan fingerprint density at radius 2 is 1.95 bits per heavy atom. The van der Waals surface area contributed by atoms with E-state index in [1.807, 2.05) is 6.92 Å². The molecule has 5 nitrogen and oxygen atoms in total. The lowest BCUT2D eigenvalue weighted by atomic mass is 9.94. The summed E-state index contributed by atoms with van der Waals surface area (Å²) < 4.78 is 47.5. The van der Waals surface area contributed by atoms with E-state index < -0.39 is 20.5 Å². The molecule has 2 unspecified atom stereocenters. The zero-order chi connectivity index (χ0) is 16.3. The van der Waals surface area contributed by atoms with Crippen molar-refractivity contribution in [1.82, 2.24) is 10.6 Å². The topological polar surface area (TPSA) is 75.3 Å². The quantitative estimate of drug-likeness (QED) is 0.874. The van der Waals surface area contributed by atoms with E-state index >= 15 is 0 Å². The van der Waals surface area contributed by atoms with Gasteiger partial charge in [0.05, 0.1) is 4.90 Å². The minimum atomic E-state index is -4.63. The van der Waals surface area contributed by atoms with E-state index in [0.717, 1.165) is 25.1 Å². The Kier molecular flexibility index (Phi) is 5.12. The monoisotopic (exact) mass is 332 g/mol. The third kappa shape index (κ3) is 3.61. The zero-order valence-electron chi connectivity index (χ0n) is 12.1. The van der Waals surface area contributed by atoms with Gasteiger partial charge in [0, 0.05) is 18.2 Å². The number of hydrogen-bond acceptors (Lipinski definition) is 4. The summed E-state index contributed by atoms with van der Waals surface area (Å²) in [5.41, 5.74) is 0.242. The van der Waals surface area contributed by atoms with Crippen LogP contribution in [0.25, 0.3) is 0 Å². The van der Waals surface area contributed by atoms with E-state index in [1.165, 1.54) is 12.1 Å². The summed E-state index contributed by atoms with van der Waals surface area (Å²) in [5, 5.41) is 6.05. The molecular formula is C14H18F2N2O3S. The van der Waals surface area contributed by atoms with Crippen LogP contribution < -0.4 is 10.6 Å². The zero-order valence-corrected chi connectivity index (χ0v) is 12.9. The molecule has 0 bridgehead atoms. The van der Waals surface area contributed by atoms with Gasteiger partial charge in [-0.1, -0.05) is 6.92 Å². The molecule has 0 spiro atoms. The summed E-state index contributed by atoms with van der Waals surface area (Å²) >= 11 is 0. The van der Waals surface area contributed by atoms with E-state index in [1.54, 1.807) is 0 Å². The normalized spacial score (nSPS) is 22.5. The van der Waals surface area contributed by atoms with Crippen molar-refractivity contribution in [3.8, 4) is 0 Å². The van der Waals surface area contributed by atoms with Crippen molar-refractivity contribution in [2.24, 2.45) is 5.92 Å². The molecule has 22 heavy (non-hydrogen) atoms. The molecule has 0 radical (unpaired) electrons. The average molecular weight is 332 g/mol. The number of carbonyl (C=O) groups is 1. The SMILES string of the molecule is CC1CCNCC1NC(=O)c1ccc(S(=O)(=O)C(F)F)cc1. The van der Waals surface area contributed by atoms with Crippen molar-refractivity contribution in [3.63, 3.8) is 0 Å². The van der Waals surface area contributed by atoms with E-state index in [9.17, 15) is 22.0 Å². The number of rotatable bonds is 4. The summed E-state index contributed by atoms with van der Waals surface area (Å²) in [6.45, 7) is 3.63. The first-order chi connectivity index (χ1) is 10.3. The van der Waals surface area contributed by atoms with Crippen LogP contribution in [0.5, 0.6) is 0 Å². The fourth-order valence-electron chi connectivity index (χ4n) is 2.33. The molecule has 0 saturated carbocycles. The van der Waals surface area contributed by atoms with E-state index in [4.69, 9.17) is 0 Å². The fourth-order valence-corrected chi connectivity index (χ4v) is 3.05. The Morgan fingerprint density at radius 1 is 1.32 bits per heavy atom. The van der Waals surface area contributed by atoms with Gasteiger partial charge in [-0.05, 0) is 43.1 Å². The summed E-state index contributed by atoms with van der Waals surface area (Å²) in [5.74, 6) is -3.48. The Labute approximate surface area is 128 Å². The molecule has 2 N–H and O–H groups in total. The number of nitrogens with one attached hydrogen (secondary N) is 2. The number of amides is 1. The van der Waals surface area contributed by atoms with Crippen molar-refractivity contribution < 1.29 is 22.0 Å². The van der Waals surface area contributed by atoms with Crippen LogP contribution in [0.15, 0.2) is 29.2 Å². The van der Waals surface area contributed by atoms with E-state index in [2.05, 4.69) is 10.6 Å². The molecule has 1 aliphatic heterocycles. The van der Waals surface area contributed by atoms with Crippen LogP contribution >= 0.6 is 0 Å². The van der Waals surface area contributed by atoms with Crippen LogP contribution in [-0.4, -0.2) is 39.2 Å². The van der Waals surface area contributed by atoms with Gasteiger partial charge in [0.25, 0.3) is 5.91 Å². The average Bonchev–Trinajstić information content (AvgIpc) is 2.49. The predicted molar refractivity (Wildman–Crippen MR) is 77.5 cm³/mol. The third-order valence-electron chi connectivity index (χ3n) is 3.82. The van der Waals surface area contributed by atoms with Gasteiger partial charge in [-0.2, -0.15) is 8.78 Å². The lowest BCUT2D eigenvalue weighted by molar-refractivity contribution is 0.0915. The molecule has 1 amide bonds. The summed E-state index contributed by atoms with van der Waals surface area (Å²) in [6, 6.07) is 4.53. The number of carbonyl (C=O) groups excluding carboxylic acids is 1. The van der Waals surface area contributed by atoms with E-state index in [-0.39, 0.29) is 17.5 Å². The summed E-state index contributed by atoms with van der Waals surface area (Å²) in [7, 11) is -4.63. The number of benzene rings is 1. The molecule has 0 aromatic heterocycles. The lowest BCUT2D eigenvalue weighted by Gasteiger charge is -2.30. The molecule has 1 aliphatic rings. The first-order valence-corrected chi connectivity index (χ1v) is 8.50. The molecule has 1 fully saturated rings. The van der Waals surface area contributed by atoms with Crippen molar-refractivity contribution >= 4 is 15.7 Å². The Bertz CT molecular complexity index is 632. The maximum atomic E-state index is 12.4. The second-order valence-electron chi connectivity index (χ2n) is 5.38. The number of sulfone groups is 1. The maximum Gasteiger partial charge on any atom is 0.341 e. The standard InChI is InChI=1S/C14H18F2N2O3S/c1-9-6-7-17-8-12(9)18-13(19)10-2-4-11(5-3-10)22(20,21)14(15)16/h2-5,9,12,14,17H,6-8H2,1H3,(H,18,19). The number of hydrogen-bond donors (Lipinski definition) is 2. The summed E-state index contributed by atoms with van der Waals surface area (Å²) in [6.07, 6.45) is 0.955. The molecular weight excluding hydrogens is 314 g/mol. The highest BCUT2D eigenvalue weighted by atomic mass is 32.2. The van der Waals surface area contributed by atoms with Gasteiger partial charge in [-0.25, -0.2) is 8.42 Å². The Morgan fingerprint density at radius 3 is 2.50 bits per heavy atom. The van der Waals surface area contributed by atoms with Gasteiger partial charge in [-0.15, -0.1) is 0 Å². The maximum absolute atomic E-state index is 12.4. The molecule has 122 valence electrons. The highest BCUT2D eigenvalue weighted by Gasteiger charge is 2.27. The van der Waals surface area contributed by atoms with Crippen LogP contribution in [0.2, 0.25) is 0 Å². The smallest absolute Gasteiger partial charge is 0.341 e. The van der Waals surface area contributed by atoms with Gasteiger partial charge in [0.2, 0.25) is 9.84 Å².